The fraction of sp³-hybridized carbons (Fsp3) is 0.292. The van der Waals surface area contributed by atoms with E-state index < -0.39 is 9.84 Å². The number of hydrogen-bond acceptors (Lipinski definition) is 7. The molecule has 2 aromatic heterocycles. The average Bonchev–Trinajstić information content (AvgIpc) is 3.25. The molecule has 1 aliphatic heterocycles. The fourth-order valence-electron chi connectivity index (χ4n) is 4.44. The van der Waals surface area contributed by atoms with Crippen LogP contribution in [-0.2, 0) is 9.84 Å². The number of anilines is 2. The van der Waals surface area contributed by atoms with Crippen molar-refractivity contribution in [2.24, 2.45) is 0 Å². The van der Waals surface area contributed by atoms with Crippen LogP contribution in [0.2, 0.25) is 0 Å². The minimum Gasteiger partial charge on any atom is -0.493 e. The molecule has 0 spiro atoms. The summed E-state index contributed by atoms with van der Waals surface area (Å²) >= 11 is 5.62. The van der Waals surface area contributed by atoms with Crippen molar-refractivity contribution in [3.8, 4) is 11.5 Å². The number of H-pyrrole nitrogens is 2. The summed E-state index contributed by atoms with van der Waals surface area (Å²) in [6, 6.07) is 10.5. The molecule has 1 fully saturated rings. The maximum absolute atomic E-state index is 11.7. The molecule has 2 aromatic carbocycles. The van der Waals surface area contributed by atoms with Crippen LogP contribution in [0, 0.1) is 0 Å². The van der Waals surface area contributed by atoms with E-state index in [9.17, 15) is 8.42 Å². The molecule has 0 aliphatic carbocycles. The molecule has 0 atom stereocenters. The first-order chi connectivity index (χ1) is 17.3. The summed E-state index contributed by atoms with van der Waals surface area (Å²) in [7, 11) is 0.00996. The van der Waals surface area contributed by atoms with E-state index in [1.54, 1.807) is 44.8 Å². The Bertz CT molecular complexity index is 1540. The van der Waals surface area contributed by atoms with Crippen LogP contribution in [0.25, 0.3) is 21.9 Å². The van der Waals surface area contributed by atoms with Gasteiger partial charge in [-0.25, -0.2) is 13.4 Å². The van der Waals surface area contributed by atoms with Crippen molar-refractivity contribution in [2.45, 2.75) is 4.90 Å². The van der Waals surface area contributed by atoms with Gasteiger partial charge in [-0.05, 0) is 42.5 Å². The second-order valence-corrected chi connectivity index (χ2v) is 11.0. The molecular weight excluding hydrogens is 500 g/mol. The van der Waals surface area contributed by atoms with Gasteiger partial charge in [0.25, 0.3) is 0 Å². The van der Waals surface area contributed by atoms with Crippen LogP contribution < -0.4 is 24.7 Å². The minimum atomic E-state index is -3.23. The van der Waals surface area contributed by atoms with Crippen molar-refractivity contribution in [2.75, 3.05) is 56.9 Å². The number of rotatable bonds is 5. The van der Waals surface area contributed by atoms with Crippen molar-refractivity contribution in [3.05, 3.63) is 42.7 Å². The number of methoxy groups -OCH3 is 2. The molecule has 10 nitrogen and oxygen atoms in total. The van der Waals surface area contributed by atoms with Crippen LogP contribution in [0.5, 0.6) is 11.5 Å². The largest absolute Gasteiger partial charge is 0.493 e. The quantitative estimate of drug-likeness (QED) is 0.378. The first-order valence-electron chi connectivity index (χ1n) is 11.3. The van der Waals surface area contributed by atoms with Gasteiger partial charge in [0.2, 0.25) is 17.8 Å². The zero-order valence-corrected chi connectivity index (χ0v) is 21.8. The second kappa shape index (κ2) is 9.43. The third kappa shape index (κ3) is 4.49. The van der Waals surface area contributed by atoms with E-state index >= 15 is 0 Å². The van der Waals surface area contributed by atoms with E-state index in [0.29, 0.717) is 16.6 Å². The molecule has 1 aliphatic rings. The number of nitrogens with zero attached hydrogens (tertiary/aromatic N) is 3. The minimum absolute atomic E-state index is 0.279. The molecule has 36 heavy (non-hydrogen) atoms. The highest BCUT2D eigenvalue weighted by Crippen LogP contribution is 2.37. The number of piperazine rings is 1. The van der Waals surface area contributed by atoms with Crippen LogP contribution >= 0.6 is 12.2 Å². The molecule has 0 saturated carbocycles. The van der Waals surface area contributed by atoms with Crippen LogP contribution in [0.1, 0.15) is 0 Å². The number of benzene rings is 2. The SMILES string of the molecule is COc1cc2[nH]c3nc[nH+]c(N4CCN(C(=S)Nc5ccc(S(C)(=O)=O)cc5)CC4)c3c2cc1OC. The van der Waals surface area contributed by atoms with Gasteiger partial charge in [-0.1, -0.05) is 4.98 Å². The lowest BCUT2D eigenvalue weighted by atomic mass is 10.1. The lowest BCUT2D eigenvalue weighted by Crippen LogP contribution is -2.51. The van der Waals surface area contributed by atoms with E-state index in [1.807, 2.05) is 12.1 Å². The maximum atomic E-state index is 11.7. The zero-order valence-electron chi connectivity index (χ0n) is 20.2. The summed E-state index contributed by atoms with van der Waals surface area (Å²) in [5, 5.41) is 5.81. The highest BCUT2D eigenvalue weighted by molar-refractivity contribution is 7.90. The Morgan fingerprint density at radius 1 is 1.08 bits per heavy atom. The number of hydrogen-bond donors (Lipinski definition) is 2. The Morgan fingerprint density at radius 3 is 2.39 bits per heavy atom. The maximum Gasteiger partial charge on any atom is 0.234 e. The van der Waals surface area contributed by atoms with Gasteiger partial charge in [-0.3, -0.25) is 4.90 Å². The number of aromatic nitrogens is 3. The van der Waals surface area contributed by atoms with E-state index in [0.717, 1.165) is 59.6 Å². The number of nitrogens with one attached hydrogen (secondary N) is 3. The number of aromatic amines is 2. The van der Waals surface area contributed by atoms with E-state index in [1.165, 1.54) is 6.26 Å². The predicted molar refractivity (Wildman–Crippen MR) is 143 cm³/mol. The Hall–Kier alpha value is -3.64. The molecule has 1 saturated heterocycles. The van der Waals surface area contributed by atoms with Crippen LogP contribution in [0.3, 0.4) is 0 Å². The molecule has 12 heteroatoms. The Morgan fingerprint density at radius 2 is 1.75 bits per heavy atom. The monoisotopic (exact) mass is 527 g/mol. The Kier molecular flexibility index (Phi) is 6.31. The number of thiocarbonyl (C=S) groups is 1. The predicted octanol–water partition coefficient (Wildman–Crippen LogP) is 2.47. The van der Waals surface area contributed by atoms with Crippen molar-refractivity contribution in [1.29, 1.82) is 0 Å². The van der Waals surface area contributed by atoms with Crippen molar-refractivity contribution < 1.29 is 22.9 Å². The highest BCUT2D eigenvalue weighted by atomic mass is 32.2. The van der Waals surface area contributed by atoms with E-state index in [2.05, 4.69) is 30.1 Å². The summed E-state index contributed by atoms with van der Waals surface area (Å²) in [5.41, 5.74) is 2.45. The lowest BCUT2D eigenvalue weighted by molar-refractivity contribution is -0.367. The van der Waals surface area contributed by atoms with Crippen molar-refractivity contribution in [1.82, 2.24) is 14.9 Å². The third-order valence-electron chi connectivity index (χ3n) is 6.33. The number of sulfone groups is 1. The summed E-state index contributed by atoms with van der Waals surface area (Å²) in [6.07, 6.45) is 2.89. The zero-order chi connectivity index (χ0) is 25.4. The molecule has 0 radical (unpaired) electrons. The van der Waals surface area contributed by atoms with E-state index in [-0.39, 0.29) is 4.90 Å². The van der Waals surface area contributed by atoms with Crippen molar-refractivity contribution >= 4 is 60.6 Å². The first kappa shape index (κ1) is 24.1. The van der Waals surface area contributed by atoms with Gasteiger partial charge in [0.1, 0.15) is 5.39 Å². The average molecular weight is 528 g/mol. The fourth-order valence-corrected chi connectivity index (χ4v) is 5.37. The molecule has 4 aromatic rings. The molecule has 0 bridgehead atoms. The smallest absolute Gasteiger partial charge is 0.234 e. The van der Waals surface area contributed by atoms with Crippen LogP contribution in [-0.4, -0.2) is 75.1 Å². The Labute approximate surface area is 214 Å². The summed E-state index contributed by atoms with van der Waals surface area (Å²) in [4.78, 5) is 15.9. The molecule has 0 unspecified atom stereocenters. The molecule has 0 amide bonds. The first-order valence-corrected chi connectivity index (χ1v) is 13.6. The lowest BCUT2D eigenvalue weighted by Gasteiger charge is -2.34. The molecule has 3 N–H and O–H groups in total. The number of ether oxygens (including phenoxy) is 2. The van der Waals surface area contributed by atoms with Crippen LogP contribution in [0.4, 0.5) is 11.5 Å². The normalized spacial score (nSPS) is 14.3. The summed E-state index contributed by atoms with van der Waals surface area (Å²) in [5.74, 6) is 2.29. The second-order valence-electron chi connectivity index (χ2n) is 8.55. The Balaban J connectivity index is 1.33. The molecule has 188 valence electrons. The van der Waals surface area contributed by atoms with Crippen molar-refractivity contribution in [3.63, 3.8) is 0 Å². The standard InChI is InChI=1S/C24H26N6O4S2/c1-33-19-12-17-18(13-20(19)34-2)28-22-21(17)23(26-14-25-22)29-8-10-30(11-9-29)24(35)27-15-4-6-16(7-5-15)36(3,31)32/h4-7,12-14H,8-11H2,1-3H3,(H,27,35)(H,25,26,28)/p+1. The molecule has 3 heterocycles. The topological polar surface area (TPSA) is 114 Å². The van der Waals surface area contributed by atoms with Gasteiger partial charge < -0.3 is 24.7 Å². The molecular formula is C24H27N6O4S2+. The van der Waals surface area contributed by atoms with E-state index in [4.69, 9.17) is 21.7 Å². The summed E-state index contributed by atoms with van der Waals surface area (Å²) in [6.45, 7) is 2.96. The van der Waals surface area contributed by atoms with Gasteiger partial charge in [0.15, 0.2) is 26.4 Å². The molecule has 5 rings (SSSR count). The number of fused-ring (bicyclic) bond motifs is 3. The van der Waals surface area contributed by atoms with Gasteiger partial charge in [0, 0.05) is 23.4 Å². The van der Waals surface area contributed by atoms with Crippen LogP contribution in [0.15, 0.2) is 47.6 Å². The van der Waals surface area contributed by atoms with Gasteiger partial charge in [-0.15, -0.1) is 0 Å². The summed E-state index contributed by atoms with van der Waals surface area (Å²) < 4.78 is 34.3. The van der Waals surface area contributed by atoms with Gasteiger partial charge >= 0.3 is 0 Å². The highest BCUT2D eigenvalue weighted by Gasteiger charge is 2.27. The van der Waals surface area contributed by atoms with Gasteiger partial charge in [-0.2, -0.15) is 0 Å². The third-order valence-corrected chi connectivity index (χ3v) is 7.82. The van der Waals surface area contributed by atoms with Gasteiger partial charge in [0.05, 0.1) is 50.8 Å².